The number of aromatic nitrogens is 3. The number of aldehydes is 1. The molecule has 2 atom stereocenters. The van der Waals surface area contributed by atoms with Crippen LogP contribution in [0, 0.1) is 5.82 Å². The summed E-state index contributed by atoms with van der Waals surface area (Å²) in [5, 5.41) is 13.8. The number of carbonyl (C=O) groups excluding carboxylic acids is 1. The monoisotopic (exact) mass is 582 g/mol. The third kappa shape index (κ3) is 4.60. The van der Waals surface area contributed by atoms with E-state index in [-0.39, 0.29) is 29.6 Å². The number of hydrogen-bond donors (Lipinski definition) is 0. The molecule has 2 bridgehead atoms. The van der Waals surface area contributed by atoms with Gasteiger partial charge in [-0.05, 0) is 68.9 Å². The van der Waals surface area contributed by atoms with E-state index in [2.05, 4.69) is 20.3 Å². The summed E-state index contributed by atoms with van der Waals surface area (Å²) in [6.45, 7) is 0.364. The highest BCUT2D eigenvalue weighted by Crippen LogP contribution is 2.47. The summed E-state index contributed by atoms with van der Waals surface area (Å²) >= 11 is 13.0. The van der Waals surface area contributed by atoms with Gasteiger partial charge in [0.05, 0.1) is 28.3 Å². The summed E-state index contributed by atoms with van der Waals surface area (Å²) in [5.74, 6) is 0.814. The second-order valence-electron chi connectivity index (χ2n) is 10.7. The minimum Gasteiger partial charge on any atom is -0.403 e. The largest absolute Gasteiger partial charge is 0.403 e. The second-order valence-corrected chi connectivity index (χ2v) is 11.5. The Bertz CT molecular complexity index is 1550. The van der Waals surface area contributed by atoms with Gasteiger partial charge in [-0.25, -0.2) is 4.39 Å². The predicted octanol–water partition coefficient (Wildman–Crippen LogP) is 7.24. The fraction of sp³-hybridized carbons (Fsp3) is 0.379. The molecule has 2 unspecified atom stereocenters. The first-order chi connectivity index (χ1) is 19.5. The van der Waals surface area contributed by atoms with E-state index in [1.165, 1.54) is 12.1 Å². The van der Waals surface area contributed by atoms with Crippen LogP contribution in [0.5, 0.6) is 0 Å². The van der Waals surface area contributed by atoms with Gasteiger partial charge in [-0.15, -0.1) is 5.10 Å². The zero-order chi connectivity index (χ0) is 27.4. The number of carbonyl (C=O) groups is 1. The Hall–Kier alpha value is -3.27. The van der Waals surface area contributed by atoms with Gasteiger partial charge in [-0.2, -0.15) is 0 Å². The highest BCUT2D eigenvalue weighted by Gasteiger charge is 2.44. The van der Waals surface area contributed by atoms with Gasteiger partial charge in [-0.3, -0.25) is 4.79 Å². The van der Waals surface area contributed by atoms with E-state index in [1.807, 2.05) is 6.07 Å². The van der Waals surface area contributed by atoms with Crippen molar-refractivity contribution in [2.45, 2.75) is 69.2 Å². The van der Waals surface area contributed by atoms with Gasteiger partial charge >= 0.3 is 6.01 Å². The Balaban J connectivity index is 1.07. The summed E-state index contributed by atoms with van der Waals surface area (Å²) in [6.07, 6.45) is 6.26. The maximum Gasteiger partial charge on any atom is 0.318 e. The predicted molar refractivity (Wildman–Crippen MR) is 146 cm³/mol. The van der Waals surface area contributed by atoms with E-state index < -0.39 is 5.82 Å². The van der Waals surface area contributed by atoms with Crippen molar-refractivity contribution >= 4 is 35.5 Å². The van der Waals surface area contributed by atoms with Gasteiger partial charge in [0.1, 0.15) is 17.3 Å². The molecule has 2 saturated heterocycles. The fourth-order valence-electron chi connectivity index (χ4n) is 6.02. The maximum atomic E-state index is 14.1. The van der Waals surface area contributed by atoms with Gasteiger partial charge < -0.3 is 18.6 Å². The van der Waals surface area contributed by atoms with Crippen LogP contribution < -0.4 is 4.90 Å². The van der Waals surface area contributed by atoms with Crippen molar-refractivity contribution in [2.75, 3.05) is 4.90 Å². The molecular formula is C29H25Cl2FN4O4. The Labute approximate surface area is 239 Å². The van der Waals surface area contributed by atoms with E-state index in [0.29, 0.717) is 51.7 Å². The highest BCUT2D eigenvalue weighted by atomic mass is 35.5. The molecule has 40 heavy (non-hydrogen) atoms. The van der Waals surface area contributed by atoms with Crippen molar-refractivity contribution in [1.29, 1.82) is 0 Å². The summed E-state index contributed by atoms with van der Waals surface area (Å²) in [5.41, 5.74) is 2.65. The van der Waals surface area contributed by atoms with Crippen LogP contribution in [0.4, 0.5) is 10.4 Å². The topological polar surface area (TPSA) is 94.5 Å². The molecule has 3 fully saturated rings. The molecule has 0 N–H and O–H groups in total. The highest BCUT2D eigenvalue weighted by molar-refractivity contribution is 6.39. The smallest absolute Gasteiger partial charge is 0.318 e. The Morgan fingerprint density at radius 1 is 1.05 bits per heavy atom. The van der Waals surface area contributed by atoms with Crippen LogP contribution in [0.15, 0.2) is 45.3 Å². The number of benzene rings is 2. The van der Waals surface area contributed by atoms with Crippen molar-refractivity contribution in [1.82, 2.24) is 15.4 Å². The van der Waals surface area contributed by atoms with Crippen LogP contribution in [-0.2, 0) is 11.3 Å². The third-order valence-corrected chi connectivity index (χ3v) is 8.76. The number of anilines is 1. The first-order valence-electron chi connectivity index (χ1n) is 13.4. The van der Waals surface area contributed by atoms with Gasteiger partial charge in [0.2, 0.25) is 5.89 Å². The molecule has 4 aromatic rings. The van der Waals surface area contributed by atoms with Crippen LogP contribution in [0.3, 0.4) is 0 Å². The van der Waals surface area contributed by atoms with Crippen LogP contribution >= 0.6 is 23.2 Å². The number of piperidine rings is 1. The summed E-state index contributed by atoms with van der Waals surface area (Å²) in [4.78, 5) is 13.1. The molecule has 7 rings (SSSR count). The first kappa shape index (κ1) is 25.7. The molecule has 2 aliphatic heterocycles. The Kier molecular flexibility index (Phi) is 6.60. The van der Waals surface area contributed by atoms with Gasteiger partial charge in [0, 0.05) is 34.7 Å². The number of nitrogens with zero attached hydrogens (tertiary/aromatic N) is 4. The molecule has 1 aliphatic carbocycles. The molecule has 2 aromatic heterocycles. The first-order valence-corrected chi connectivity index (χ1v) is 14.2. The number of hydrogen-bond acceptors (Lipinski definition) is 8. The lowest BCUT2D eigenvalue weighted by atomic mass is 10.00. The quantitative estimate of drug-likeness (QED) is 0.200. The maximum absolute atomic E-state index is 14.1. The normalized spacial score (nSPS) is 22.2. The SMILES string of the molecule is O=Cc1ccc(-c2nnc(N3C4CCC3CC(OCc3c(-c5c(Cl)cccc5Cl)noc3C3CC3)C4)o2)cc1F. The number of halogens is 3. The molecule has 8 nitrogen and oxygen atoms in total. The van der Waals surface area contributed by atoms with Crippen LogP contribution in [0.25, 0.3) is 22.7 Å². The molecule has 0 radical (unpaired) electrons. The van der Waals surface area contributed by atoms with Crippen molar-refractivity contribution < 1.29 is 22.9 Å². The molecule has 3 aliphatic rings. The molecule has 0 amide bonds. The zero-order valence-electron chi connectivity index (χ0n) is 21.4. The molecule has 0 spiro atoms. The molecule has 4 heterocycles. The van der Waals surface area contributed by atoms with Crippen molar-refractivity contribution in [2.24, 2.45) is 0 Å². The van der Waals surface area contributed by atoms with E-state index in [1.54, 1.807) is 18.2 Å². The van der Waals surface area contributed by atoms with E-state index >= 15 is 0 Å². The third-order valence-electron chi connectivity index (χ3n) is 8.13. The van der Waals surface area contributed by atoms with Crippen molar-refractivity contribution in [3.63, 3.8) is 0 Å². The van der Waals surface area contributed by atoms with Crippen LogP contribution in [0.1, 0.15) is 66.1 Å². The van der Waals surface area contributed by atoms with Crippen LogP contribution in [-0.4, -0.2) is 39.8 Å². The number of fused-ring (bicyclic) bond motifs is 2. The van der Waals surface area contributed by atoms with Crippen molar-refractivity contribution in [3.8, 4) is 22.7 Å². The van der Waals surface area contributed by atoms with E-state index in [4.69, 9.17) is 36.9 Å². The minimum atomic E-state index is -0.622. The lowest BCUT2D eigenvalue weighted by Gasteiger charge is -2.37. The average Bonchev–Trinajstić information content (AvgIpc) is 3.41. The van der Waals surface area contributed by atoms with Crippen molar-refractivity contribution in [3.05, 3.63) is 69.1 Å². The zero-order valence-corrected chi connectivity index (χ0v) is 22.9. The second kappa shape index (κ2) is 10.3. The summed E-state index contributed by atoms with van der Waals surface area (Å²) < 4.78 is 32.4. The van der Waals surface area contributed by atoms with Gasteiger partial charge in [0.25, 0.3) is 0 Å². The summed E-state index contributed by atoms with van der Waals surface area (Å²) in [6, 6.07) is 10.4. The van der Waals surface area contributed by atoms with E-state index in [0.717, 1.165) is 49.8 Å². The Morgan fingerprint density at radius 2 is 1.80 bits per heavy atom. The number of ether oxygens (including phenoxy) is 1. The molecule has 2 aromatic carbocycles. The van der Waals surface area contributed by atoms with Crippen LogP contribution in [0.2, 0.25) is 10.0 Å². The summed E-state index contributed by atoms with van der Waals surface area (Å²) in [7, 11) is 0. The molecule has 11 heteroatoms. The molecular weight excluding hydrogens is 558 g/mol. The van der Waals surface area contributed by atoms with Gasteiger partial charge in [0.15, 0.2) is 6.29 Å². The molecule has 206 valence electrons. The minimum absolute atomic E-state index is 0.0128. The average molecular weight is 583 g/mol. The standard InChI is InChI=1S/C29H25Cl2FN4O4/c30-22-2-1-3-23(31)25(22)26-21(27(40-35-26)15-4-5-15)14-38-20-11-18-8-9-19(12-20)36(18)29-34-33-28(39-29)16-6-7-17(13-37)24(32)10-16/h1-3,6-7,10,13,15,18-20H,4-5,8-9,11-12,14H2. The molecule has 1 saturated carbocycles. The lowest BCUT2D eigenvalue weighted by molar-refractivity contribution is 0.0139. The fourth-order valence-corrected chi connectivity index (χ4v) is 6.59. The van der Waals surface area contributed by atoms with E-state index in [9.17, 15) is 9.18 Å². The van der Waals surface area contributed by atoms with Gasteiger partial charge in [-0.1, -0.05) is 39.5 Å². The Morgan fingerprint density at radius 3 is 2.48 bits per heavy atom. The number of rotatable bonds is 8. The lowest BCUT2D eigenvalue weighted by Crippen LogP contribution is -2.45.